The summed E-state index contributed by atoms with van der Waals surface area (Å²) in [4.78, 5) is 45.7. The second-order valence-corrected chi connectivity index (χ2v) is 15.6. The minimum absolute atomic E-state index is 0.120. The van der Waals surface area contributed by atoms with Crippen molar-refractivity contribution >= 4 is 25.7 Å². The van der Waals surface area contributed by atoms with Crippen LogP contribution in [0.15, 0.2) is 36.5 Å². The summed E-state index contributed by atoms with van der Waals surface area (Å²) in [7, 11) is -4.74. The summed E-state index contributed by atoms with van der Waals surface area (Å²) in [5, 5.41) is 8.87. The van der Waals surface area contributed by atoms with Crippen LogP contribution in [0.1, 0.15) is 181 Å². The SMILES string of the molecule is CCCCCCCCCCCCC/C=C/C=C/C(=O)O[C@H](COC(=O)CC/C=C/CCCCCCCCCCCCC)COP(=O)(O)OC[C@H](N)C(=O)O. The van der Waals surface area contributed by atoms with Gasteiger partial charge < -0.3 is 25.2 Å². The number of unbranched alkanes of at least 4 members (excludes halogenated alkanes) is 22. The van der Waals surface area contributed by atoms with Gasteiger partial charge in [-0.05, 0) is 32.1 Å². The van der Waals surface area contributed by atoms with Crippen LogP contribution in [-0.2, 0) is 37.5 Å². The van der Waals surface area contributed by atoms with E-state index in [2.05, 4.69) is 24.4 Å². The number of esters is 2. The highest BCUT2D eigenvalue weighted by atomic mass is 31.2. The molecule has 3 atom stereocenters. The summed E-state index contributed by atoms with van der Waals surface area (Å²) < 4.78 is 32.4. The Hall–Kier alpha value is -2.30. The Kier molecular flexibility index (Phi) is 36.0. The number of carbonyl (C=O) groups excluding carboxylic acids is 2. The Balaban J connectivity index is 4.52. The van der Waals surface area contributed by atoms with E-state index in [4.69, 9.17) is 24.8 Å². The Labute approximate surface area is 327 Å². The molecule has 0 aliphatic heterocycles. The highest BCUT2D eigenvalue weighted by Crippen LogP contribution is 2.43. The number of carboxylic acid groups (broad SMARTS) is 1. The fraction of sp³-hybridized carbons (Fsp3) is 0.786. The molecule has 12 heteroatoms. The van der Waals surface area contributed by atoms with Crippen molar-refractivity contribution in [1.82, 2.24) is 0 Å². The average Bonchev–Trinajstić information content (AvgIpc) is 3.14. The van der Waals surface area contributed by atoms with Crippen LogP contribution >= 0.6 is 7.82 Å². The summed E-state index contributed by atoms with van der Waals surface area (Å²) in [6.45, 7) is 2.65. The number of hydrogen-bond acceptors (Lipinski definition) is 9. The molecule has 0 rings (SSSR count). The van der Waals surface area contributed by atoms with E-state index >= 15 is 0 Å². The van der Waals surface area contributed by atoms with E-state index < -0.39 is 57.7 Å². The van der Waals surface area contributed by atoms with Gasteiger partial charge in [-0.25, -0.2) is 9.36 Å². The number of phosphoric ester groups is 1. The van der Waals surface area contributed by atoms with Gasteiger partial charge in [0.25, 0.3) is 0 Å². The second-order valence-electron chi connectivity index (χ2n) is 14.2. The van der Waals surface area contributed by atoms with Crippen LogP contribution in [0, 0.1) is 0 Å². The smallest absolute Gasteiger partial charge is 0.472 e. The molecule has 0 aliphatic rings. The summed E-state index contributed by atoms with van der Waals surface area (Å²) in [5.74, 6) is -2.70. The molecule has 0 bridgehead atoms. The first kappa shape index (κ1) is 51.7. The van der Waals surface area contributed by atoms with E-state index in [9.17, 15) is 23.8 Å². The largest absolute Gasteiger partial charge is 0.480 e. The molecule has 0 saturated heterocycles. The molecule has 0 amide bonds. The van der Waals surface area contributed by atoms with Crippen LogP contribution in [0.5, 0.6) is 0 Å². The predicted molar refractivity (Wildman–Crippen MR) is 217 cm³/mol. The van der Waals surface area contributed by atoms with Gasteiger partial charge in [0.05, 0.1) is 13.2 Å². The normalized spacial score (nSPS) is 14.1. The second kappa shape index (κ2) is 37.6. The topological polar surface area (TPSA) is 172 Å². The number of carbonyl (C=O) groups is 3. The Morgan fingerprint density at radius 2 is 1.06 bits per heavy atom. The summed E-state index contributed by atoms with van der Waals surface area (Å²) in [6, 6.07) is -1.54. The molecular formula is C42H76NO10P. The zero-order chi connectivity index (χ0) is 40.0. The lowest BCUT2D eigenvalue weighted by atomic mass is 10.1. The van der Waals surface area contributed by atoms with Crippen molar-refractivity contribution in [2.75, 3.05) is 19.8 Å². The average molecular weight is 786 g/mol. The highest BCUT2D eigenvalue weighted by Gasteiger charge is 2.27. The van der Waals surface area contributed by atoms with Crippen molar-refractivity contribution in [2.24, 2.45) is 5.73 Å². The van der Waals surface area contributed by atoms with Crippen molar-refractivity contribution in [3.63, 3.8) is 0 Å². The third kappa shape index (κ3) is 36.7. The van der Waals surface area contributed by atoms with Gasteiger partial charge in [-0.15, -0.1) is 0 Å². The van der Waals surface area contributed by atoms with Crippen molar-refractivity contribution in [3.05, 3.63) is 36.5 Å². The van der Waals surface area contributed by atoms with Gasteiger partial charge in [-0.1, -0.05) is 173 Å². The minimum Gasteiger partial charge on any atom is -0.480 e. The Morgan fingerprint density at radius 3 is 1.56 bits per heavy atom. The Bertz CT molecular complexity index is 1060. The molecule has 0 heterocycles. The number of rotatable bonds is 39. The lowest BCUT2D eigenvalue weighted by Crippen LogP contribution is -2.34. The standard InChI is InChI=1S/C42H76NO10P/c1-3-5-7-9-11-13-15-17-19-21-23-25-27-29-31-33-40(44)50-35-38(36-51-54(48,49)52-37-39(43)42(46)47)53-41(45)34-32-30-28-26-24-22-20-18-16-14-12-10-8-6-4-2/h27-30,32,34,38-39H,3-26,31,33,35-37,43H2,1-2H3,(H,46,47)(H,48,49)/b29-27+,30-28+,34-32+/t38-,39+/m1/s1. The molecular weight excluding hydrogens is 709 g/mol. The number of carboxylic acids is 1. The van der Waals surface area contributed by atoms with E-state index in [1.165, 1.54) is 134 Å². The van der Waals surface area contributed by atoms with Gasteiger partial charge in [-0.2, -0.15) is 0 Å². The van der Waals surface area contributed by atoms with Gasteiger partial charge in [0.1, 0.15) is 12.6 Å². The molecule has 54 heavy (non-hydrogen) atoms. The third-order valence-electron chi connectivity index (χ3n) is 8.98. The van der Waals surface area contributed by atoms with Crippen molar-refractivity contribution < 1.29 is 47.5 Å². The van der Waals surface area contributed by atoms with Crippen molar-refractivity contribution in [1.29, 1.82) is 0 Å². The molecule has 1 unspecified atom stereocenters. The summed E-state index contributed by atoms with van der Waals surface area (Å²) in [5.41, 5.74) is 5.31. The van der Waals surface area contributed by atoms with Gasteiger partial charge in [0, 0.05) is 12.5 Å². The van der Waals surface area contributed by atoms with Crippen LogP contribution in [-0.4, -0.2) is 59.9 Å². The lowest BCUT2D eigenvalue weighted by molar-refractivity contribution is -0.157. The summed E-state index contributed by atoms with van der Waals surface area (Å²) in [6.07, 6.45) is 40.0. The van der Waals surface area contributed by atoms with Crippen LogP contribution in [0.3, 0.4) is 0 Å². The van der Waals surface area contributed by atoms with E-state index in [0.29, 0.717) is 6.42 Å². The fourth-order valence-electron chi connectivity index (χ4n) is 5.64. The van der Waals surface area contributed by atoms with E-state index in [1.54, 1.807) is 12.2 Å². The molecule has 11 nitrogen and oxygen atoms in total. The van der Waals surface area contributed by atoms with Crippen LogP contribution < -0.4 is 5.73 Å². The molecule has 0 aromatic rings. The molecule has 0 radical (unpaired) electrons. The first-order valence-corrected chi connectivity index (χ1v) is 22.6. The molecule has 0 aromatic heterocycles. The first-order valence-electron chi connectivity index (χ1n) is 21.1. The number of aliphatic carboxylic acids is 1. The molecule has 0 aromatic carbocycles. The monoisotopic (exact) mass is 786 g/mol. The Morgan fingerprint density at radius 1 is 0.611 bits per heavy atom. The molecule has 0 saturated carbocycles. The molecule has 0 aliphatic carbocycles. The number of nitrogens with two attached hydrogens (primary N) is 1. The fourth-order valence-corrected chi connectivity index (χ4v) is 6.41. The number of phosphoric acid groups is 1. The van der Waals surface area contributed by atoms with Crippen molar-refractivity contribution in [2.45, 2.75) is 193 Å². The highest BCUT2D eigenvalue weighted by molar-refractivity contribution is 7.47. The quantitative estimate of drug-likeness (QED) is 0.0135. The zero-order valence-corrected chi connectivity index (χ0v) is 34.7. The first-order chi connectivity index (χ1) is 26.1. The van der Waals surface area contributed by atoms with Gasteiger partial charge in [0.15, 0.2) is 6.10 Å². The minimum atomic E-state index is -4.74. The van der Waals surface area contributed by atoms with E-state index in [0.717, 1.165) is 25.7 Å². The zero-order valence-electron chi connectivity index (χ0n) is 33.8. The molecule has 4 N–H and O–H groups in total. The molecule has 314 valence electrons. The van der Waals surface area contributed by atoms with E-state index in [1.807, 2.05) is 12.2 Å². The van der Waals surface area contributed by atoms with Crippen LogP contribution in [0.4, 0.5) is 0 Å². The number of hydrogen-bond donors (Lipinski definition) is 3. The lowest BCUT2D eigenvalue weighted by Gasteiger charge is -2.19. The van der Waals surface area contributed by atoms with E-state index in [-0.39, 0.29) is 6.42 Å². The third-order valence-corrected chi connectivity index (χ3v) is 9.93. The maximum atomic E-state index is 12.5. The maximum absolute atomic E-state index is 12.5. The summed E-state index contributed by atoms with van der Waals surface area (Å²) >= 11 is 0. The number of ether oxygens (including phenoxy) is 2. The number of allylic oxidation sites excluding steroid dienone is 5. The van der Waals surface area contributed by atoms with Crippen LogP contribution in [0.2, 0.25) is 0 Å². The molecule has 0 spiro atoms. The van der Waals surface area contributed by atoms with Gasteiger partial charge in [0.2, 0.25) is 0 Å². The molecule has 0 fully saturated rings. The van der Waals surface area contributed by atoms with Gasteiger partial charge >= 0.3 is 25.7 Å². The van der Waals surface area contributed by atoms with Gasteiger partial charge in [-0.3, -0.25) is 18.6 Å². The maximum Gasteiger partial charge on any atom is 0.472 e. The predicted octanol–water partition coefficient (Wildman–Crippen LogP) is 10.8. The van der Waals surface area contributed by atoms with Crippen molar-refractivity contribution in [3.8, 4) is 0 Å². The van der Waals surface area contributed by atoms with Crippen LogP contribution in [0.25, 0.3) is 0 Å².